The lowest BCUT2D eigenvalue weighted by Gasteiger charge is -2.13. The van der Waals surface area contributed by atoms with Gasteiger partial charge in [-0.1, -0.05) is 35.9 Å². The highest BCUT2D eigenvalue weighted by Gasteiger charge is 2.40. The number of Topliss-reactive ketones (excluding diaryl/α,β-unsaturated/α-hetero) is 2. The molecule has 0 aliphatic heterocycles. The van der Waals surface area contributed by atoms with E-state index in [-0.39, 0.29) is 34.0 Å². The number of fused-ring (bicyclic) bond motifs is 2. The quantitative estimate of drug-likeness (QED) is 0.256. The standard InChI is InChI=1S/C27H18N2O8S/c1-13-5-8-16-18(11-13)25(31)22(24(16)30)20-10-6-14-3-2-4-21(23(14)28-20)29-26(32)17-9-7-15(38(35,36)37)12-19(17)27(33)34/h2-12,22H,1H3,(H,29,32)(H,33,34)(H,35,36,37). The van der Waals surface area contributed by atoms with Crippen molar-refractivity contribution in [1.82, 2.24) is 4.98 Å². The number of aromatic carboxylic acids is 1. The maximum absolute atomic E-state index is 13.1. The van der Waals surface area contributed by atoms with Crippen molar-refractivity contribution in [1.29, 1.82) is 0 Å². The van der Waals surface area contributed by atoms with Crippen molar-refractivity contribution in [3.8, 4) is 0 Å². The summed E-state index contributed by atoms with van der Waals surface area (Å²) in [5.41, 5.74) is 1.14. The molecular weight excluding hydrogens is 512 g/mol. The second-order valence-electron chi connectivity index (χ2n) is 8.77. The van der Waals surface area contributed by atoms with Gasteiger partial charge in [0.15, 0.2) is 11.6 Å². The van der Waals surface area contributed by atoms with Crippen LogP contribution < -0.4 is 5.32 Å². The molecule has 1 heterocycles. The van der Waals surface area contributed by atoms with Gasteiger partial charge in [0.25, 0.3) is 16.0 Å². The number of amides is 1. The van der Waals surface area contributed by atoms with Gasteiger partial charge in [0, 0.05) is 16.5 Å². The minimum Gasteiger partial charge on any atom is -0.478 e. The van der Waals surface area contributed by atoms with Crippen molar-refractivity contribution in [3.63, 3.8) is 0 Å². The molecule has 1 atom stereocenters. The van der Waals surface area contributed by atoms with Gasteiger partial charge in [-0.15, -0.1) is 0 Å². The van der Waals surface area contributed by atoms with Crippen molar-refractivity contribution in [2.45, 2.75) is 17.7 Å². The highest BCUT2D eigenvalue weighted by Crippen LogP contribution is 2.35. The number of aromatic nitrogens is 1. The molecule has 10 nitrogen and oxygen atoms in total. The Morgan fingerprint density at radius 1 is 0.895 bits per heavy atom. The van der Waals surface area contributed by atoms with E-state index in [1.165, 1.54) is 6.07 Å². The molecular formula is C27H18N2O8S. The number of anilines is 1. The molecule has 1 unspecified atom stereocenters. The summed E-state index contributed by atoms with van der Waals surface area (Å²) >= 11 is 0. The van der Waals surface area contributed by atoms with Crippen LogP contribution in [-0.4, -0.2) is 46.5 Å². The highest BCUT2D eigenvalue weighted by atomic mass is 32.2. The molecule has 0 saturated carbocycles. The van der Waals surface area contributed by atoms with E-state index in [9.17, 15) is 37.3 Å². The number of ketones is 2. The number of carbonyl (C=O) groups is 4. The Morgan fingerprint density at radius 2 is 1.63 bits per heavy atom. The molecule has 190 valence electrons. The number of hydrogen-bond donors (Lipinski definition) is 3. The highest BCUT2D eigenvalue weighted by molar-refractivity contribution is 7.85. The number of nitrogens with one attached hydrogen (secondary N) is 1. The molecule has 1 aromatic heterocycles. The Bertz CT molecular complexity index is 1830. The Hall–Kier alpha value is -4.74. The van der Waals surface area contributed by atoms with Gasteiger partial charge in [-0.2, -0.15) is 8.42 Å². The third kappa shape index (κ3) is 4.23. The fraction of sp³-hybridized carbons (Fsp3) is 0.0741. The third-order valence-corrected chi connectivity index (χ3v) is 7.13. The summed E-state index contributed by atoms with van der Waals surface area (Å²) in [5.74, 6) is -4.33. The van der Waals surface area contributed by atoms with Crippen LogP contribution in [0.5, 0.6) is 0 Å². The lowest BCUT2D eigenvalue weighted by atomic mass is 9.98. The molecule has 4 aromatic rings. The first-order valence-corrected chi connectivity index (χ1v) is 12.6. The van der Waals surface area contributed by atoms with Gasteiger partial charge in [-0.3, -0.25) is 18.9 Å². The first-order chi connectivity index (χ1) is 18.0. The average molecular weight is 531 g/mol. The minimum atomic E-state index is -4.69. The fourth-order valence-electron chi connectivity index (χ4n) is 4.45. The van der Waals surface area contributed by atoms with Crippen LogP contribution in [0.25, 0.3) is 10.9 Å². The second kappa shape index (κ2) is 8.98. The van der Waals surface area contributed by atoms with Crippen LogP contribution in [0.1, 0.15) is 58.6 Å². The third-order valence-electron chi connectivity index (χ3n) is 6.28. The molecule has 0 radical (unpaired) electrons. The number of aryl methyl sites for hydroxylation is 1. The van der Waals surface area contributed by atoms with Crippen LogP contribution in [0.2, 0.25) is 0 Å². The number of para-hydroxylation sites is 1. The van der Waals surface area contributed by atoms with E-state index in [0.717, 1.165) is 17.7 Å². The van der Waals surface area contributed by atoms with Gasteiger partial charge < -0.3 is 10.4 Å². The second-order valence-corrected chi connectivity index (χ2v) is 10.2. The Labute approximate surface area is 215 Å². The summed E-state index contributed by atoms with van der Waals surface area (Å²) < 4.78 is 32.0. The number of benzene rings is 3. The van der Waals surface area contributed by atoms with Gasteiger partial charge in [-0.05, 0) is 43.3 Å². The summed E-state index contributed by atoms with van der Waals surface area (Å²) in [6.07, 6.45) is 0. The van der Waals surface area contributed by atoms with Gasteiger partial charge in [0.05, 0.1) is 32.9 Å². The monoisotopic (exact) mass is 530 g/mol. The van der Waals surface area contributed by atoms with E-state index >= 15 is 0 Å². The van der Waals surface area contributed by atoms with Crippen LogP contribution in [0.3, 0.4) is 0 Å². The summed E-state index contributed by atoms with van der Waals surface area (Å²) in [6, 6.07) is 15.7. The number of carboxylic acid groups (broad SMARTS) is 1. The fourth-order valence-corrected chi connectivity index (χ4v) is 4.95. The maximum atomic E-state index is 13.1. The van der Waals surface area contributed by atoms with Gasteiger partial charge >= 0.3 is 5.97 Å². The smallest absolute Gasteiger partial charge is 0.336 e. The van der Waals surface area contributed by atoms with E-state index in [4.69, 9.17) is 0 Å². The molecule has 38 heavy (non-hydrogen) atoms. The van der Waals surface area contributed by atoms with E-state index in [0.29, 0.717) is 22.6 Å². The van der Waals surface area contributed by atoms with Crippen LogP contribution in [0.15, 0.2) is 71.6 Å². The van der Waals surface area contributed by atoms with Crippen molar-refractivity contribution in [2.24, 2.45) is 0 Å². The lowest BCUT2D eigenvalue weighted by Crippen LogP contribution is -2.18. The number of hydrogen-bond acceptors (Lipinski definition) is 7. The van der Waals surface area contributed by atoms with Crippen molar-refractivity contribution < 1.29 is 37.3 Å². The predicted octanol–water partition coefficient (Wildman–Crippen LogP) is 3.90. The van der Waals surface area contributed by atoms with Crippen molar-refractivity contribution in [2.75, 3.05) is 5.32 Å². The Kier molecular flexibility index (Phi) is 5.89. The summed E-state index contributed by atoms with van der Waals surface area (Å²) in [5, 5.41) is 12.7. The number of rotatable bonds is 5. The molecule has 11 heteroatoms. The zero-order chi connectivity index (χ0) is 27.4. The maximum Gasteiger partial charge on any atom is 0.336 e. The van der Waals surface area contributed by atoms with E-state index in [1.807, 2.05) is 6.92 Å². The molecule has 0 fully saturated rings. The average Bonchev–Trinajstić information content (AvgIpc) is 3.11. The molecule has 3 N–H and O–H groups in total. The summed E-state index contributed by atoms with van der Waals surface area (Å²) in [6.45, 7) is 1.82. The number of carboxylic acids is 1. The van der Waals surface area contributed by atoms with Crippen molar-refractivity contribution in [3.05, 3.63) is 100 Å². The lowest BCUT2D eigenvalue weighted by molar-refractivity contribution is 0.0691. The SMILES string of the molecule is Cc1ccc2c(c1)C(=O)C(c1ccc3cccc(NC(=O)c4ccc(S(=O)(=O)O)cc4C(=O)O)c3n1)C2=O. The topological polar surface area (TPSA) is 168 Å². The number of nitrogens with zero attached hydrogens (tertiary/aromatic N) is 1. The Balaban J connectivity index is 1.53. The Morgan fingerprint density at radius 3 is 2.34 bits per heavy atom. The number of carbonyl (C=O) groups excluding carboxylic acids is 3. The molecule has 1 aliphatic rings. The van der Waals surface area contributed by atoms with Crippen LogP contribution in [0, 0.1) is 6.92 Å². The van der Waals surface area contributed by atoms with E-state index in [1.54, 1.807) is 42.5 Å². The zero-order valence-electron chi connectivity index (χ0n) is 19.6. The molecule has 1 aliphatic carbocycles. The van der Waals surface area contributed by atoms with Crippen LogP contribution in [-0.2, 0) is 10.1 Å². The van der Waals surface area contributed by atoms with Gasteiger partial charge in [0.2, 0.25) is 0 Å². The summed E-state index contributed by atoms with van der Waals surface area (Å²) in [4.78, 5) is 54.8. The molecule has 1 amide bonds. The zero-order valence-corrected chi connectivity index (χ0v) is 20.4. The van der Waals surface area contributed by atoms with Crippen molar-refractivity contribution >= 4 is 50.2 Å². The van der Waals surface area contributed by atoms with Crippen LogP contribution in [0.4, 0.5) is 5.69 Å². The normalized spacial score (nSPS) is 14.9. The first kappa shape index (κ1) is 24.9. The predicted molar refractivity (Wildman–Crippen MR) is 135 cm³/mol. The molecule has 5 rings (SSSR count). The molecule has 0 spiro atoms. The first-order valence-electron chi connectivity index (χ1n) is 11.2. The van der Waals surface area contributed by atoms with Crippen LogP contribution >= 0.6 is 0 Å². The van der Waals surface area contributed by atoms with E-state index in [2.05, 4.69) is 10.3 Å². The summed E-state index contributed by atoms with van der Waals surface area (Å²) in [7, 11) is -4.69. The number of pyridine rings is 1. The molecule has 0 bridgehead atoms. The van der Waals surface area contributed by atoms with E-state index < -0.39 is 38.4 Å². The largest absolute Gasteiger partial charge is 0.478 e. The molecule has 0 saturated heterocycles. The van der Waals surface area contributed by atoms with Gasteiger partial charge in [0.1, 0.15) is 5.92 Å². The minimum absolute atomic E-state index is 0.177. The molecule has 3 aromatic carbocycles. The van der Waals surface area contributed by atoms with Gasteiger partial charge in [-0.25, -0.2) is 9.78 Å².